The average molecular weight is 589 g/mol. The monoisotopic (exact) mass is 588 g/mol. The summed E-state index contributed by atoms with van der Waals surface area (Å²) in [6.45, 7) is 1.74. The number of aryl methyl sites for hydroxylation is 1. The second kappa shape index (κ2) is 12.0. The van der Waals surface area contributed by atoms with Crippen LogP contribution < -0.4 is 16.2 Å². The number of alkyl halides is 3. The first-order valence-electron chi connectivity index (χ1n) is 11.4. The number of sulfonamides is 1. The van der Waals surface area contributed by atoms with E-state index in [0.717, 1.165) is 0 Å². The van der Waals surface area contributed by atoms with Crippen molar-refractivity contribution in [3.05, 3.63) is 89.9 Å². The molecule has 1 aromatic heterocycles. The number of carbonyl (C=O) groups excluding carboxylic acids is 1. The number of imidazole rings is 1. The van der Waals surface area contributed by atoms with Crippen LogP contribution in [0.2, 0.25) is 0 Å². The first-order chi connectivity index (χ1) is 19.1. The molecular weight excluding hydrogens is 565 g/mol. The Morgan fingerprint density at radius 3 is 2.17 bits per heavy atom. The number of halogens is 3. The van der Waals surface area contributed by atoms with Gasteiger partial charge in [0.25, 0.3) is 5.91 Å². The zero-order valence-corrected chi connectivity index (χ0v) is 22.0. The van der Waals surface area contributed by atoms with E-state index in [-0.39, 0.29) is 16.4 Å². The first kappa shape index (κ1) is 30.5. The van der Waals surface area contributed by atoms with Crippen LogP contribution in [0.3, 0.4) is 0 Å². The van der Waals surface area contributed by atoms with Crippen LogP contribution in [0.1, 0.15) is 21.9 Å². The number of rotatable bonds is 6. The Bertz CT molecular complexity index is 1720. The van der Waals surface area contributed by atoms with E-state index in [1.807, 2.05) is 0 Å². The number of carboxylic acid groups (broad SMARTS) is 1. The van der Waals surface area contributed by atoms with E-state index in [9.17, 15) is 26.4 Å². The summed E-state index contributed by atoms with van der Waals surface area (Å²) in [5, 5.41) is 22.9. The average Bonchev–Trinajstić information content (AvgIpc) is 3.30. The number of aliphatic carboxylic acids is 1. The first-order valence-corrected chi connectivity index (χ1v) is 13.0. The van der Waals surface area contributed by atoms with Gasteiger partial charge in [0.2, 0.25) is 10.0 Å². The fraction of sp³-hybridized carbons (Fsp3) is 0.0769. The van der Waals surface area contributed by atoms with E-state index in [1.54, 1.807) is 73.7 Å². The topological polar surface area (TPSA) is 205 Å². The van der Waals surface area contributed by atoms with Gasteiger partial charge in [0.1, 0.15) is 23.0 Å². The number of hydrogen-bond acceptors (Lipinski definition) is 6. The van der Waals surface area contributed by atoms with Gasteiger partial charge in [-0.1, -0.05) is 48.5 Å². The number of carbonyl (C=O) groups is 2. The number of nitrogens with one attached hydrogen (secondary N) is 3. The van der Waals surface area contributed by atoms with Gasteiger partial charge in [-0.2, -0.15) is 13.2 Å². The molecule has 41 heavy (non-hydrogen) atoms. The van der Waals surface area contributed by atoms with Crippen molar-refractivity contribution in [1.82, 2.24) is 9.97 Å². The van der Waals surface area contributed by atoms with Gasteiger partial charge in [-0.3, -0.25) is 10.2 Å². The molecule has 0 bridgehead atoms. The van der Waals surface area contributed by atoms with Crippen molar-refractivity contribution >= 4 is 33.4 Å². The van der Waals surface area contributed by atoms with Crippen LogP contribution in [0.25, 0.3) is 22.4 Å². The van der Waals surface area contributed by atoms with E-state index in [0.29, 0.717) is 39.5 Å². The van der Waals surface area contributed by atoms with Gasteiger partial charge in [-0.25, -0.2) is 23.3 Å². The SMILES string of the molecule is Cc1nc(-c2cccc(C(=N)N)c2)c(C(=O)Nc2ccc(-c3ccccc3S(N)(=O)=O)cc2)[nH]1.O=C(O)C(F)(F)F. The Hall–Kier alpha value is -5.02. The number of primary sulfonamides is 1. The van der Waals surface area contributed by atoms with Crippen LogP contribution in [0.4, 0.5) is 18.9 Å². The van der Waals surface area contributed by atoms with Crippen LogP contribution in [-0.2, 0) is 14.8 Å². The number of amides is 1. The minimum absolute atomic E-state index is 0.0251. The molecule has 0 aliphatic heterocycles. The number of amidine groups is 1. The van der Waals surface area contributed by atoms with E-state index >= 15 is 0 Å². The predicted octanol–water partition coefficient (Wildman–Crippen LogP) is 3.87. The quantitative estimate of drug-likeness (QED) is 0.145. The lowest BCUT2D eigenvalue weighted by atomic mass is 10.0. The molecule has 3 aromatic carbocycles. The van der Waals surface area contributed by atoms with Crippen LogP contribution in [0.15, 0.2) is 77.7 Å². The molecule has 4 rings (SSSR count). The Morgan fingerprint density at radius 1 is 1.00 bits per heavy atom. The Morgan fingerprint density at radius 2 is 1.61 bits per heavy atom. The minimum atomic E-state index is -5.08. The summed E-state index contributed by atoms with van der Waals surface area (Å²) in [5.74, 6) is -2.68. The van der Waals surface area contributed by atoms with Crippen LogP contribution in [0, 0.1) is 12.3 Å². The third kappa shape index (κ3) is 7.77. The molecule has 214 valence electrons. The third-order valence-electron chi connectivity index (χ3n) is 5.39. The maximum Gasteiger partial charge on any atom is 0.490 e. The number of nitrogens with zero attached hydrogens (tertiary/aromatic N) is 1. The number of hydrogen-bond donors (Lipinski definition) is 6. The van der Waals surface area contributed by atoms with Crippen molar-refractivity contribution in [2.75, 3.05) is 5.32 Å². The Balaban J connectivity index is 0.000000587. The molecule has 11 nitrogen and oxygen atoms in total. The number of nitrogens with two attached hydrogens (primary N) is 2. The Kier molecular flexibility index (Phi) is 8.94. The smallest absolute Gasteiger partial charge is 0.475 e. The number of nitrogen functional groups attached to an aromatic ring is 1. The predicted molar refractivity (Wildman–Crippen MR) is 145 cm³/mol. The highest BCUT2D eigenvalue weighted by Gasteiger charge is 2.38. The molecule has 15 heteroatoms. The molecule has 0 spiro atoms. The van der Waals surface area contributed by atoms with Gasteiger partial charge >= 0.3 is 12.1 Å². The summed E-state index contributed by atoms with van der Waals surface area (Å²) in [4.78, 5) is 29.4. The standard InChI is InChI=1S/C24H22N6O3S.C2HF3O2/c1-14-28-21(16-5-4-6-17(13-16)23(25)26)22(29-14)24(31)30-18-11-9-15(10-12-18)19-7-2-3-8-20(19)34(27,32)33;3-2(4,5)1(6)7/h2-13H,1H3,(H3,25,26)(H,28,29)(H,30,31)(H2,27,32,33);(H,6,7). The summed E-state index contributed by atoms with van der Waals surface area (Å²) in [6.07, 6.45) is -5.08. The molecule has 0 aliphatic carbocycles. The van der Waals surface area contributed by atoms with E-state index in [4.69, 9.17) is 26.2 Å². The molecular formula is C26H23F3N6O5S. The highest BCUT2D eigenvalue weighted by atomic mass is 32.2. The van der Waals surface area contributed by atoms with Crippen molar-refractivity contribution in [3.8, 4) is 22.4 Å². The molecule has 0 radical (unpaired) electrons. The van der Waals surface area contributed by atoms with E-state index in [2.05, 4.69) is 15.3 Å². The molecule has 0 fully saturated rings. The van der Waals surface area contributed by atoms with Gasteiger partial charge < -0.3 is 21.1 Å². The van der Waals surface area contributed by atoms with Gasteiger partial charge in [-0.05, 0) is 36.8 Å². The molecule has 0 saturated heterocycles. The maximum absolute atomic E-state index is 13.0. The summed E-state index contributed by atoms with van der Waals surface area (Å²) in [5.41, 5.74) is 9.10. The third-order valence-corrected chi connectivity index (χ3v) is 6.36. The molecule has 1 amide bonds. The molecule has 0 saturated carbocycles. The molecule has 4 aromatic rings. The van der Waals surface area contributed by atoms with Gasteiger partial charge in [-0.15, -0.1) is 0 Å². The Labute approximate surface area is 231 Å². The number of carboxylic acids is 1. The zero-order valence-electron chi connectivity index (χ0n) is 21.2. The van der Waals surface area contributed by atoms with Crippen LogP contribution in [-0.4, -0.2) is 47.4 Å². The highest BCUT2D eigenvalue weighted by Crippen LogP contribution is 2.28. The lowest BCUT2D eigenvalue weighted by Gasteiger charge is -2.10. The van der Waals surface area contributed by atoms with E-state index in [1.165, 1.54) is 6.07 Å². The second-order valence-electron chi connectivity index (χ2n) is 8.42. The normalized spacial score (nSPS) is 11.2. The number of aromatic nitrogens is 2. The van der Waals surface area contributed by atoms with Crippen molar-refractivity contribution in [3.63, 3.8) is 0 Å². The lowest BCUT2D eigenvalue weighted by molar-refractivity contribution is -0.192. The summed E-state index contributed by atoms with van der Waals surface area (Å²) < 4.78 is 55.5. The number of aromatic amines is 1. The van der Waals surface area contributed by atoms with Gasteiger partial charge in [0.05, 0.1) is 4.90 Å². The molecule has 1 heterocycles. The van der Waals surface area contributed by atoms with E-state index < -0.39 is 28.1 Å². The van der Waals surface area contributed by atoms with Gasteiger partial charge in [0, 0.05) is 22.4 Å². The zero-order chi connectivity index (χ0) is 30.5. The summed E-state index contributed by atoms with van der Waals surface area (Å²) >= 11 is 0. The highest BCUT2D eigenvalue weighted by molar-refractivity contribution is 7.89. The summed E-state index contributed by atoms with van der Waals surface area (Å²) in [7, 11) is -3.89. The van der Waals surface area contributed by atoms with Crippen molar-refractivity contribution in [2.45, 2.75) is 18.0 Å². The maximum atomic E-state index is 13.0. The van der Waals surface area contributed by atoms with Crippen LogP contribution in [0.5, 0.6) is 0 Å². The molecule has 8 N–H and O–H groups in total. The van der Waals surface area contributed by atoms with Crippen LogP contribution >= 0.6 is 0 Å². The number of anilines is 1. The van der Waals surface area contributed by atoms with Crippen molar-refractivity contribution in [1.29, 1.82) is 5.41 Å². The lowest BCUT2D eigenvalue weighted by Crippen LogP contribution is -2.21. The molecule has 0 unspecified atom stereocenters. The summed E-state index contributed by atoms with van der Waals surface area (Å²) in [6, 6.07) is 20.1. The largest absolute Gasteiger partial charge is 0.490 e. The minimum Gasteiger partial charge on any atom is -0.475 e. The fourth-order valence-corrected chi connectivity index (χ4v) is 4.34. The number of H-pyrrole nitrogens is 1. The second-order valence-corrected chi connectivity index (χ2v) is 9.95. The van der Waals surface area contributed by atoms with Gasteiger partial charge in [0.15, 0.2) is 0 Å². The molecule has 0 atom stereocenters. The number of benzene rings is 3. The fourth-order valence-electron chi connectivity index (χ4n) is 3.58. The molecule has 0 aliphatic rings. The van der Waals surface area contributed by atoms with Crippen molar-refractivity contribution in [2.24, 2.45) is 10.9 Å². The van der Waals surface area contributed by atoms with Crippen molar-refractivity contribution < 1.29 is 36.3 Å².